The zero-order valence-electron chi connectivity index (χ0n) is 9.38. The Bertz CT molecular complexity index is 566. The number of carbonyl (C=O) groups is 1. The highest BCUT2D eigenvalue weighted by Crippen LogP contribution is 2.32. The average molecular weight is 231 g/mol. The van der Waals surface area contributed by atoms with E-state index in [9.17, 15) is 4.79 Å². The first-order valence-electron chi connectivity index (χ1n) is 5.19. The number of hydrogen-bond donors (Lipinski definition) is 2. The van der Waals surface area contributed by atoms with Gasteiger partial charge < -0.3 is 15.6 Å². The van der Waals surface area contributed by atoms with Crippen molar-refractivity contribution in [1.82, 2.24) is 0 Å². The molecular formula is C13H13NO3. The summed E-state index contributed by atoms with van der Waals surface area (Å²) in [5.41, 5.74) is 6.21. The number of ether oxygens (including phenoxy) is 1. The normalized spacial score (nSPS) is 12.4. The molecule has 1 unspecified atom stereocenters. The van der Waals surface area contributed by atoms with Crippen LogP contribution in [0, 0.1) is 0 Å². The lowest BCUT2D eigenvalue weighted by Crippen LogP contribution is -2.21. The monoisotopic (exact) mass is 231 g/mol. The summed E-state index contributed by atoms with van der Waals surface area (Å²) in [7, 11) is 1.50. The van der Waals surface area contributed by atoms with Gasteiger partial charge >= 0.3 is 5.97 Å². The van der Waals surface area contributed by atoms with Crippen molar-refractivity contribution < 1.29 is 14.6 Å². The van der Waals surface area contributed by atoms with Gasteiger partial charge in [0.05, 0.1) is 7.11 Å². The Labute approximate surface area is 98.6 Å². The number of carboxylic acid groups (broad SMARTS) is 1. The summed E-state index contributed by atoms with van der Waals surface area (Å²) in [5.74, 6) is -0.571. The van der Waals surface area contributed by atoms with E-state index in [0.29, 0.717) is 11.3 Å². The van der Waals surface area contributed by atoms with Crippen LogP contribution in [0.15, 0.2) is 36.4 Å². The quantitative estimate of drug-likeness (QED) is 0.846. The Hall–Kier alpha value is -2.07. The summed E-state index contributed by atoms with van der Waals surface area (Å²) in [4.78, 5) is 11.0. The molecule has 0 aliphatic carbocycles. The number of carboxylic acids is 1. The molecule has 2 rings (SSSR count). The lowest BCUT2D eigenvalue weighted by atomic mass is 9.98. The number of benzene rings is 2. The predicted octanol–water partition coefficient (Wildman–Crippen LogP) is 1.93. The third-order valence-electron chi connectivity index (χ3n) is 2.73. The summed E-state index contributed by atoms with van der Waals surface area (Å²) in [6, 6.07) is 10.0. The maximum atomic E-state index is 11.0. The Kier molecular flexibility index (Phi) is 2.97. The SMILES string of the molecule is COc1ccc2ccccc2c1C(N)C(=O)O. The van der Waals surface area contributed by atoms with E-state index in [-0.39, 0.29) is 0 Å². The minimum atomic E-state index is -1.09. The number of hydrogen-bond acceptors (Lipinski definition) is 3. The zero-order chi connectivity index (χ0) is 12.4. The van der Waals surface area contributed by atoms with Crippen LogP contribution in [0.5, 0.6) is 5.75 Å². The number of fused-ring (bicyclic) bond motifs is 1. The van der Waals surface area contributed by atoms with Gasteiger partial charge in [0.25, 0.3) is 0 Å². The second-order valence-corrected chi connectivity index (χ2v) is 3.72. The largest absolute Gasteiger partial charge is 0.496 e. The Morgan fingerprint density at radius 2 is 2.00 bits per heavy atom. The van der Waals surface area contributed by atoms with Gasteiger partial charge in [-0.25, -0.2) is 0 Å². The van der Waals surface area contributed by atoms with Crippen molar-refractivity contribution in [3.8, 4) is 5.75 Å². The van der Waals surface area contributed by atoms with Crippen molar-refractivity contribution in [2.24, 2.45) is 5.73 Å². The van der Waals surface area contributed by atoms with E-state index in [4.69, 9.17) is 15.6 Å². The van der Waals surface area contributed by atoms with Crippen LogP contribution in [0.3, 0.4) is 0 Å². The first-order valence-corrected chi connectivity index (χ1v) is 5.19. The molecule has 0 saturated heterocycles. The standard InChI is InChI=1S/C13H13NO3/c1-17-10-7-6-8-4-2-3-5-9(8)11(10)12(14)13(15)16/h2-7,12H,14H2,1H3,(H,15,16). The van der Waals surface area contributed by atoms with Crippen molar-refractivity contribution in [1.29, 1.82) is 0 Å². The highest BCUT2D eigenvalue weighted by atomic mass is 16.5. The molecule has 1 atom stereocenters. The third-order valence-corrected chi connectivity index (χ3v) is 2.73. The minimum Gasteiger partial charge on any atom is -0.496 e. The third kappa shape index (κ3) is 1.94. The molecule has 2 aromatic rings. The second kappa shape index (κ2) is 4.43. The summed E-state index contributed by atoms with van der Waals surface area (Å²) >= 11 is 0. The second-order valence-electron chi connectivity index (χ2n) is 3.72. The molecule has 0 aliphatic heterocycles. The number of rotatable bonds is 3. The van der Waals surface area contributed by atoms with Crippen LogP contribution in [0.25, 0.3) is 10.8 Å². The van der Waals surface area contributed by atoms with Crippen LogP contribution in [0.2, 0.25) is 0 Å². The topological polar surface area (TPSA) is 72.5 Å². The molecule has 4 heteroatoms. The van der Waals surface area contributed by atoms with Gasteiger partial charge in [-0.1, -0.05) is 30.3 Å². The molecule has 0 saturated carbocycles. The first kappa shape index (κ1) is 11.4. The summed E-state index contributed by atoms with van der Waals surface area (Å²) < 4.78 is 5.18. The maximum Gasteiger partial charge on any atom is 0.325 e. The molecule has 0 aliphatic rings. The Morgan fingerprint density at radius 3 is 2.65 bits per heavy atom. The molecule has 0 fully saturated rings. The van der Waals surface area contributed by atoms with Crippen molar-refractivity contribution in [2.45, 2.75) is 6.04 Å². The van der Waals surface area contributed by atoms with Crippen LogP contribution >= 0.6 is 0 Å². The van der Waals surface area contributed by atoms with Crippen molar-refractivity contribution in [3.63, 3.8) is 0 Å². The van der Waals surface area contributed by atoms with Gasteiger partial charge in [0.15, 0.2) is 0 Å². The van der Waals surface area contributed by atoms with Crippen molar-refractivity contribution in [3.05, 3.63) is 42.0 Å². The van der Waals surface area contributed by atoms with Gasteiger partial charge in [-0.05, 0) is 16.8 Å². The van der Waals surface area contributed by atoms with Crippen LogP contribution < -0.4 is 10.5 Å². The smallest absolute Gasteiger partial charge is 0.325 e. The molecule has 17 heavy (non-hydrogen) atoms. The predicted molar refractivity (Wildman–Crippen MR) is 65.1 cm³/mol. The van der Waals surface area contributed by atoms with Crippen molar-refractivity contribution >= 4 is 16.7 Å². The fourth-order valence-corrected chi connectivity index (χ4v) is 1.90. The van der Waals surface area contributed by atoms with E-state index in [1.165, 1.54) is 7.11 Å². The summed E-state index contributed by atoms with van der Waals surface area (Å²) in [6.45, 7) is 0. The molecule has 0 spiro atoms. The van der Waals surface area contributed by atoms with Gasteiger partial charge in [0.2, 0.25) is 0 Å². The molecule has 0 heterocycles. The molecule has 4 nitrogen and oxygen atoms in total. The van der Waals surface area contributed by atoms with E-state index < -0.39 is 12.0 Å². The number of methoxy groups -OCH3 is 1. The molecule has 0 radical (unpaired) electrons. The fourth-order valence-electron chi connectivity index (χ4n) is 1.90. The highest BCUT2D eigenvalue weighted by molar-refractivity contribution is 5.92. The Morgan fingerprint density at radius 1 is 1.29 bits per heavy atom. The van der Waals surface area contributed by atoms with Crippen LogP contribution in [-0.4, -0.2) is 18.2 Å². The van der Waals surface area contributed by atoms with E-state index in [2.05, 4.69) is 0 Å². The van der Waals surface area contributed by atoms with E-state index >= 15 is 0 Å². The molecule has 88 valence electrons. The van der Waals surface area contributed by atoms with Crippen molar-refractivity contribution in [2.75, 3.05) is 7.11 Å². The molecular weight excluding hydrogens is 218 g/mol. The van der Waals surface area contributed by atoms with Gasteiger partial charge in [-0.15, -0.1) is 0 Å². The van der Waals surface area contributed by atoms with Gasteiger partial charge in [0.1, 0.15) is 11.8 Å². The van der Waals surface area contributed by atoms with Gasteiger partial charge in [0, 0.05) is 5.56 Å². The lowest BCUT2D eigenvalue weighted by Gasteiger charge is -2.15. The first-order chi connectivity index (χ1) is 8.15. The molecule has 0 amide bonds. The molecule has 0 aromatic heterocycles. The van der Waals surface area contributed by atoms with E-state index in [0.717, 1.165) is 10.8 Å². The van der Waals surface area contributed by atoms with Crippen LogP contribution in [-0.2, 0) is 4.79 Å². The Balaban J connectivity index is 2.75. The molecule has 2 aromatic carbocycles. The summed E-state index contributed by atoms with van der Waals surface area (Å²) in [5, 5.41) is 10.8. The van der Waals surface area contributed by atoms with Crippen LogP contribution in [0.4, 0.5) is 0 Å². The lowest BCUT2D eigenvalue weighted by molar-refractivity contribution is -0.138. The van der Waals surface area contributed by atoms with Crippen LogP contribution in [0.1, 0.15) is 11.6 Å². The van der Waals surface area contributed by atoms with Gasteiger partial charge in [-0.3, -0.25) is 4.79 Å². The molecule has 0 bridgehead atoms. The highest BCUT2D eigenvalue weighted by Gasteiger charge is 2.21. The number of nitrogens with two attached hydrogens (primary N) is 1. The van der Waals surface area contributed by atoms with Gasteiger partial charge in [-0.2, -0.15) is 0 Å². The zero-order valence-corrected chi connectivity index (χ0v) is 9.38. The minimum absolute atomic E-state index is 0.499. The fraction of sp³-hybridized carbons (Fsp3) is 0.154. The number of aliphatic carboxylic acids is 1. The van der Waals surface area contributed by atoms with E-state index in [1.54, 1.807) is 6.07 Å². The maximum absolute atomic E-state index is 11.0. The van der Waals surface area contributed by atoms with E-state index in [1.807, 2.05) is 30.3 Å². The molecule has 3 N–H and O–H groups in total. The summed E-state index contributed by atoms with van der Waals surface area (Å²) in [6.07, 6.45) is 0. The average Bonchev–Trinajstić information content (AvgIpc) is 2.36.